The molecular weight excluding hydrogens is 521 g/mol. The van der Waals surface area contributed by atoms with Crippen molar-refractivity contribution in [3.8, 4) is 10.6 Å². The Balaban J connectivity index is 1.71. The van der Waals surface area contributed by atoms with E-state index in [4.69, 9.17) is 0 Å². The van der Waals surface area contributed by atoms with Crippen molar-refractivity contribution in [1.82, 2.24) is 15.5 Å². The van der Waals surface area contributed by atoms with Crippen molar-refractivity contribution in [1.29, 1.82) is 0 Å². The smallest absolute Gasteiger partial charge is 0.340 e. The van der Waals surface area contributed by atoms with Crippen molar-refractivity contribution in [3.05, 3.63) is 64.1 Å². The van der Waals surface area contributed by atoms with Gasteiger partial charge < -0.3 is 5.32 Å². The van der Waals surface area contributed by atoms with Crippen molar-refractivity contribution in [2.45, 2.75) is 32.5 Å². The third-order valence-corrected chi connectivity index (χ3v) is 6.42. The van der Waals surface area contributed by atoms with Crippen molar-refractivity contribution >= 4 is 44.2 Å². The van der Waals surface area contributed by atoms with Crippen LogP contribution in [0.15, 0.2) is 53.0 Å². The molecule has 1 aromatic heterocycles. The molecule has 0 aliphatic heterocycles. The maximum atomic E-state index is 12.9. The molecule has 3 aromatic rings. The standard InChI is InChI=1S/C22H20BrF3N4O2S/c1-3-12(2)17(27-18(31)13-4-8-15(9-5-13)22(24,25)26)19(32)28-21-30-29-20(33-21)14-6-10-16(23)11-7-14/h4-12,17H,3H2,1-2H3,(H,27,31)(H,28,30,32)/t12-,17-/m0/s1. The molecule has 0 radical (unpaired) electrons. The fourth-order valence-electron chi connectivity index (χ4n) is 2.90. The molecule has 2 atom stereocenters. The highest BCUT2D eigenvalue weighted by Gasteiger charge is 2.31. The zero-order valence-corrected chi connectivity index (χ0v) is 20.0. The minimum atomic E-state index is -4.50. The van der Waals surface area contributed by atoms with Crippen LogP contribution in [0.25, 0.3) is 10.6 Å². The zero-order valence-electron chi connectivity index (χ0n) is 17.6. The van der Waals surface area contributed by atoms with E-state index in [-0.39, 0.29) is 16.6 Å². The van der Waals surface area contributed by atoms with Crippen molar-refractivity contribution in [3.63, 3.8) is 0 Å². The van der Waals surface area contributed by atoms with Gasteiger partial charge in [-0.05, 0) is 42.3 Å². The van der Waals surface area contributed by atoms with Gasteiger partial charge in [-0.2, -0.15) is 13.2 Å². The Kier molecular flexibility index (Phi) is 7.85. The van der Waals surface area contributed by atoms with Crippen LogP contribution in [0.2, 0.25) is 0 Å². The average molecular weight is 541 g/mol. The summed E-state index contributed by atoms with van der Waals surface area (Å²) in [5, 5.41) is 14.3. The fraction of sp³-hybridized carbons (Fsp3) is 0.273. The van der Waals surface area contributed by atoms with Crippen LogP contribution < -0.4 is 10.6 Å². The van der Waals surface area contributed by atoms with Crippen LogP contribution in [-0.4, -0.2) is 28.1 Å². The van der Waals surface area contributed by atoms with Crippen LogP contribution in [0.3, 0.4) is 0 Å². The minimum absolute atomic E-state index is 0.0255. The first kappa shape index (κ1) is 24.8. The van der Waals surface area contributed by atoms with Crippen molar-refractivity contribution in [2.24, 2.45) is 5.92 Å². The van der Waals surface area contributed by atoms with Crippen molar-refractivity contribution in [2.75, 3.05) is 5.32 Å². The summed E-state index contributed by atoms with van der Waals surface area (Å²) in [7, 11) is 0. The van der Waals surface area contributed by atoms with E-state index in [1.807, 2.05) is 31.2 Å². The molecule has 0 aliphatic carbocycles. The summed E-state index contributed by atoms with van der Waals surface area (Å²) in [5.74, 6) is -1.36. The first-order valence-electron chi connectivity index (χ1n) is 9.97. The Bertz CT molecular complexity index is 1120. The van der Waals surface area contributed by atoms with Gasteiger partial charge in [0.05, 0.1) is 5.56 Å². The van der Waals surface area contributed by atoms with Gasteiger partial charge in [0.2, 0.25) is 11.0 Å². The second-order valence-corrected chi connectivity index (χ2v) is 9.21. The van der Waals surface area contributed by atoms with Gasteiger partial charge in [0, 0.05) is 15.6 Å². The average Bonchev–Trinajstić information content (AvgIpc) is 3.25. The molecule has 2 aromatic carbocycles. The number of amides is 2. The first-order chi connectivity index (χ1) is 15.6. The fourth-order valence-corrected chi connectivity index (χ4v) is 3.92. The van der Waals surface area contributed by atoms with E-state index in [2.05, 4.69) is 36.8 Å². The molecule has 6 nitrogen and oxygen atoms in total. The van der Waals surface area contributed by atoms with Crippen LogP contribution in [0, 0.1) is 5.92 Å². The molecule has 0 saturated carbocycles. The normalized spacial score (nSPS) is 13.3. The molecule has 11 heteroatoms. The number of hydrogen-bond donors (Lipinski definition) is 2. The number of carbonyl (C=O) groups is 2. The van der Waals surface area contributed by atoms with Gasteiger partial charge in [0.15, 0.2) is 0 Å². The lowest BCUT2D eigenvalue weighted by Gasteiger charge is -2.23. The highest BCUT2D eigenvalue weighted by molar-refractivity contribution is 9.10. The molecule has 1 heterocycles. The molecule has 2 amide bonds. The van der Waals surface area contributed by atoms with Crippen LogP contribution in [-0.2, 0) is 11.0 Å². The quantitative estimate of drug-likeness (QED) is 0.398. The maximum absolute atomic E-state index is 12.9. The Morgan fingerprint density at radius 2 is 1.70 bits per heavy atom. The topological polar surface area (TPSA) is 84.0 Å². The second-order valence-electron chi connectivity index (χ2n) is 7.32. The number of anilines is 1. The summed E-state index contributed by atoms with van der Waals surface area (Å²) in [5.41, 5.74) is 0.0101. The van der Waals surface area contributed by atoms with Crippen molar-refractivity contribution < 1.29 is 22.8 Å². The predicted molar refractivity (Wildman–Crippen MR) is 124 cm³/mol. The number of nitrogens with zero attached hydrogens (tertiary/aromatic N) is 2. The van der Waals surface area contributed by atoms with E-state index >= 15 is 0 Å². The van der Waals surface area contributed by atoms with Gasteiger partial charge in [0.25, 0.3) is 5.91 Å². The molecule has 0 spiro atoms. The molecule has 0 unspecified atom stereocenters. The van der Waals surface area contributed by atoms with E-state index in [0.29, 0.717) is 11.4 Å². The number of benzene rings is 2. The summed E-state index contributed by atoms with van der Waals surface area (Å²) in [6.07, 6.45) is -3.91. The largest absolute Gasteiger partial charge is 0.416 e. The molecule has 33 heavy (non-hydrogen) atoms. The Labute approximate surface area is 200 Å². The van der Waals surface area contributed by atoms with E-state index < -0.39 is 29.6 Å². The predicted octanol–water partition coefficient (Wildman–Crippen LogP) is 5.77. The lowest BCUT2D eigenvalue weighted by atomic mass is 9.98. The molecule has 0 bridgehead atoms. The zero-order chi connectivity index (χ0) is 24.2. The van der Waals surface area contributed by atoms with Gasteiger partial charge in [0.1, 0.15) is 11.0 Å². The Morgan fingerprint density at radius 1 is 1.06 bits per heavy atom. The van der Waals surface area contributed by atoms with Crippen LogP contribution >= 0.6 is 27.3 Å². The number of alkyl halides is 3. The van der Waals surface area contributed by atoms with Crippen LogP contribution in [0.1, 0.15) is 36.2 Å². The summed E-state index contributed by atoms with van der Waals surface area (Å²) in [6, 6.07) is 10.4. The van der Waals surface area contributed by atoms with Gasteiger partial charge in [-0.15, -0.1) is 10.2 Å². The van der Waals surface area contributed by atoms with E-state index in [9.17, 15) is 22.8 Å². The first-order valence-corrected chi connectivity index (χ1v) is 11.6. The van der Waals surface area contributed by atoms with Gasteiger partial charge >= 0.3 is 6.18 Å². The lowest BCUT2D eigenvalue weighted by molar-refractivity contribution is -0.137. The summed E-state index contributed by atoms with van der Waals surface area (Å²) in [6.45, 7) is 3.66. The lowest BCUT2D eigenvalue weighted by Crippen LogP contribution is -2.47. The number of rotatable bonds is 7. The number of hydrogen-bond acceptors (Lipinski definition) is 5. The highest BCUT2D eigenvalue weighted by atomic mass is 79.9. The second kappa shape index (κ2) is 10.4. The van der Waals surface area contributed by atoms with Gasteiger partial charge in [-0.3, -0.25) is 14.9 Å². The summed E-state index contributed by atoms with van der Waals surface area (Å²) < 4.78 is 39.2. The number of nitrogens with one attached hydrogen (secondary N) is 2. The van der Waals surface area contributed by atoms with E-state index in [1.54, 1.807) is 6.92 Å². The molecule has 0 aliphatic rings. The SMILES string of the molecule is CC[C@H](C)[C@H](NC(=O)c1ccc(C(F)(F)F)cc1)C(=O)Nc1nnc(-c2ccc(Br)cc2)s1. The third-order valence-electron chi connectivity index (χ3n) is 5.00. The van der Waals surface area contributed by atoms with E-state index in [1.165, 1.54) is 11.3 Å². The third kappa shape index (κ3) is 6.38. The molecule has 174 valence electrons. The Morgan fingerprint density at radius 3 is 2.27 bits per heavy atom. The molecule has 0 fully saturated rings. The number of halogens is 4. The van der Waals surface area contributed by atoms with Gasteiger partial charge in [-0.1, -0.05) is 59.7 Å². The maximum Gasteiger partial charge on any atom is 0.416 e. The molecule has 0 saturated heterocycles. The summed E-state index contributed by atoms with van der Waals surface area (Å²) >= 11 is 4.55. The number of aromatic nitrogens is 2. The monoisotopic (exact) mass is 540 g/mol. The molecule has 2 N–H and O–H groups in total. The van der Waals surface area contributed by atoms with E-state index in [0.717, 1.165) is 34.3 Å². The minimum Gasteiger partial charge on any atom is -0.340 e. The Hall–Kier alpha value is -2.79. The summed E-state index contributed by atoms with van der Waals surface area (Å²) in [4.78, 5) is 25.5. The number of carbonyl (C=O) groups excluding carboxylic acids is 2. The van der Waals surface area contributed by atoms with Crippen LogP contribution in [0.4, 0.5) is 18.3 Å². The molecule has 3 rings (SSSR count). The highest BCUT2D eigenvalue weighted by Crippen LogP contribution is 2.29. The molecular formula is C22H20BrF3N4O2S. The van der Waals surface area contributed by atoms with Gasteiger partial charge in [-0.25, -0.2) is 0 Å². The van der Waals surface area contributed by atoms with Crippen LogP contribution in [0.5, 0.6) is 0 Å².